The number of rotatable bonds is 6. The Labute approximate surface area is 94.4 Å². The largest absolute Gasteiger partial charge is 0.399 e. The van der Waals surface area contributed by atoms with Crippen molar-refractivity contribution in [2.75, 3.05) is 29.6 Å². The third-order valence-corrected chi connectivity index (χ3v) is 2.78. The van der Waals surface area contributed by atoms with E-state index in [2.05, 4.69) is 11.6 Å². The first kappa shape index (κ1) is 12.2. The van der Waals surface area contributed by atoms with Gasteiger partial charge in [-0.2, -0.15) is 11.8 Å². The lowest BCUT2D eigenvalue weighted by atomic mass is 10.2. The molecular weight excluding hydrogens is 211 g/mol. The van der Waals surface area contributed by atoms with Crippen LogP contribution in [0.25, 0.3) is 0 Å². The highest BCUT2D eigenvalue weighted by atomic mass is 32.2. The molecule has 1 aromatic rings. The fraction of sp³-hybridized carbons (Fsp3) is 0.455. The van der Waals surface area contributed by atoms with Gasteiger partial charge in [0, 0.05) is 12.2 Å². The maximum Gasteiger partial charge on any atom is 0.148 e. The maximum absolute atomic E-state index is 13.3. The predicted octanol–water partition coefficient (Wildman–Crippen LogP) is 2.96. The molecule has 0 unspecified atom stereocenters. The quantitative estimate of drug-likeness (QED) is 0.580. The topological polar surface area (TPSA) is 38.0 Å². The van der Waals surface area contributed by atoms with Crippen LogP contribution in [0.2, 0.25) is 0 Å². The second-order valence-corrected chi connectivity index (χ2v) is 4.35. The van der Waals surface area contributed by atoms with Crippen molar-refractivity contribution in [2.45, 2.75) is 12.8 Å². The Morgan fingerprint density at radius 2 is 2.20 bits per heavy atom. The standard InChI is InChI=1S/C11H17FN2S/c1-15-7-3-2-6-14-11-5-4-9(13)8-10(11)12/h4-5,8,14H,2-3,6-7,13H2,1H3. The van der Waals surface area contributed by atoms with Crippen molar-refractivity contribution >= 4 is 23.1 Å². The Kier molecular flexibility index (Phi) is 5.32. The van der Waals surface area contributed by atoms with E-state index in [0.29, 0.717) is 11.4 Å². The lowest BCUT2D eigenvalue weighted by Crippen LogP contribution is -2.04. The number of anilines is 2. The van der Waals surface area contributed by atoms with Crippen LogP contribution in [0.15, 0.2) is 18.2 Å². The van der Waals surface area contributed by atoms with Crippen LogP contribution < -0.4 is 11.1 Å². The molecule has 0 amide bonds. The highest BCUT2D eigenvalue weighted by molar-refractivity contribution is 7.98. The van der Waals surface area contributed by atoms with Crippen molar-refractivity contribution in [1.82, 2.24) is 0 Å². The summed E-state index contributed by atoms with van der Waals surface area (Å²) in [6, 6.07) is 4.72. The zero-order chi connectivity index (χ0) is 11.1. The molecule has 0 atom stereocenters. The van der Waals surface area contributed by atoms with Gasteiger partial charge in [0.05, 0.1) is 5.69 Å². The molecular formula is C11H17FN2S. The van der Waals surface area contributed by atoms with Crippen LogP contribution in [0.5, 0.6) is 0 Å². The van der Waals surface area contributed by atoms with Crippen LogP contribution >= 0.6 is 11.8 Å². The molecule has 15 heavy (non-hydrogen) atoms. The average Bonchev–Trinajstić information content (AvgIpc) is 2.20. The van der Waals surface area contributed by atoms with Gasteiger partial charge in [-0.3, -0.25) is 0 Å². The van der Waals surface area contributed by atoms with E-state index in [1.54, 1.807) is 12.1 Å². The monoisotopic (exact) mass is 228 g/mol. The third-order valence-electron chi connectivity index (χ3n) is 2.08. The fourth-order valence-electron chi connectivity index (χ4n) is 1.27. The van der Waals surface area contributed by atoms with Crippen molar-refractivity contribution < 1.29 is 4.39 Å². The zero-order valence-corrected chi connectivity index (χ0v) is 9.74. The number of nitrogens with one attached hydrogen (secondary N) is 1. The molecule has 84 valence electrons. The predicted molar refractivity (Wildman–Crippen MR) is 66.9 cm³/mol. The Balaban J connectivity index is 2.31. The molecule has 4 heteroatoms. The second-order valence-electron chi connectivity index (χ2n) is 3.37. The van der Waals surface area contributed by atoms with E-state index in [1.165, 1.54) is 6.07 Å². The van der Waals surface area contributed by atoms with Gasteiger partial charge in [-0.15, -0.1) is 0 Å². The molecule has 2 nitrogen and oxygen atoms in total. The van der Waals surface area contributed by atoms with Crippen molar-refractivity contribution in [2.24, 2.45) is 0 Å². The molecule has 0 aliphatic carbocycles. The van der Waals surface area contributed by atoms with Gasteiger partial charge in [0.1, 0.15) is 5.82 Å². The van der Waals surface area contributed by atoms with Crippen molar-refractivity contribution in [1.29, 1.82) is 0 Å². The number of unbranched alkanes of at least 4 members (excludes halogenated alkanes) is 1. The molecule has 0 aliphatic rings. The molecule has 0 heterocycles. The minimum Gasteiger partial charge on any atom is -0.399 e. The third kappa shape index (κ3) is 4.42. The van der Waals surface area contributed by atoms with Gasteiger partial charge in [0.25, 0.3) is 0 Å². The van der Waals surface area contributed by atoms with E-state index >= 15 is 0 Å². The summed E-state index contributed by atoms with van der Waals surface area (Å²) in [5, 5.41) is 3.06. The summed E-state index contributed by atoms with van der Waals surface area (Å²) in [6.45, 7) is 0.807. The summed E-state index contributed by atoms with van der Waals surface area (Å²) < 4.78 is 13.3. The first-order chi connectivity index (χ1) is 7.24. The first-order valence-electron chi connectivity index (χ1n) is 5.02. The fourth-order valence-corrected chi connectivity index (χ4v) is 1.76. The Bertz CT molecular complexity index is 305. The van der Waals surface area contributed by atoms with Crippen molar-refractivity contribution in [3.8, 4) is 0 Å². The van der Waals surface area contributed by atoms with Crippen LogP contribution in [0.4, 0.5) is 15.8 Å². The highest BCUT2D eigenvalue weighted by Crippen LogP contribution is 2.16. The molecule has 3 N–H and O–H groups in total. The zero-order valence-electron chi connectivity index (χ0n) is 8.92. The number of hydrogen-bond acceptors (Lipinski definition) is 3. The van der Waals surface area contributed by atoms with E-state index in [4.69, 9.17) is 5.73 Å². The second kappa shape index (κ2) is 6.56. The number of hydrogen-bond donors (Lipinski definition) is 2. The summed E-state index contributed by atoms with van der Waals surface area (Å²) in [6.07, 6.45) is 4.31. The van der Waals surface area contributed by atoms with Crippen LogP contribution in [0, 0.1) is 5.82 Å². The summed E-state index contributed by atoms with van der Waals surface area (Å²) >= 11 is 1.83. The number of nitrogens with two attached hydrogens (primary N) is 1. The number of benzene rings is 1. The molecule has 1 rings (SSSR count). The molecule has 0 aliphatic heterocycles. The van der Waals surface area contributed by atoms with E-state index in [-0.39, 0.29) is 5.82 Å². The van der Waals surface area contributed by atoms with E-state index < -0.39 is 0 Å². The minimum atomic E-state index is -0.278. The van der Waals surface area contributed by atoms with E-state index in [1.807, 2.05) is 11.8 Å². The van der Waals surface area contributed by atoms with Gasteiger partial charge in [0.2, 0.25) is 0 Å². The van der Waals surface area contributed by atoms with Crippen LogP contribution in [-0.2, 0) is 0 Å². The van der Waals surface area contributed by atoms with Crippen molar-refractivity contribution in [3.63, 3.8) is 0 Å². The molecule has 0 saturated carbocycles. The summed E-state index contributed by atoms with van der Waals surface area (Å²) in [5.74, 6) is 0.881. The van der Waals surface area contributed by atoms with Crippen LogP contribution in [-0.4, -0.2) is 18.6 Å². The van der Waals surface area contributed by atoms with Gasteiger partial charge in [-0.25, -0.2) is 4.39 Å². The SMILES string of the molecule is CSCCCCNc1ccc(N)cc1F. The molecule has 0 spiro atoms. The molecule has 0 bridgehead atoms. The molecule has 0 saturated heterocycles. The molecule has 1 aromatic carbocycles. The first-order valence-corrected chi connectivity index (χ1v) is 6.41. The average molecular weight is 228 g/mol. The van der Waals surface area contributed by atoms with Crippen LogP contribution in [0.3, 0.4) is 0 Å². The number of halogens is 1. The summed E-state index contributed by atoms with van der Waals surface area (Å²) in [5.41, 5.74) is 6.45. The highest BCUT2D eigenvalue weighted by Gasteiger charge is 2.00. The number of thioether (sulfide) groups is 1. The van der Waals surface area contributed by atoms with Gasteiger partial charge >= 0.3 is 0 Å². The van der Waals surface area contributed by atoms with Gasteiger partial charge in [0.15, 0.2) is 0 Å². The van der Waals surface area contributed by atoms with Gasteiger partial charge in [-0.1, -0.05) is 0 Å². The lowest BCUT2D eigenvalue weighted by molar-refractivity contribution is 0.630. The number of nitrogen functional groups attached to an aromatic ring is 1. The van der Waals surface area contributed by atoms with E-state index in [9.17, 15) is 4.39 Å². The molecule has 0 radical (unpaired) electrons. The normalized spacial score (nSPS) is 10.3. The smallest absolute Gasteiger partial charge is 0.148 e. The molecule has 0 fully saturated rings. The van der Waals surface area contributed by atoms with Gasteiger partial charge in [-0.05, 0) is 43.0 Å². The molecule has 0 aromatic heterocycles. The summed E-state index contributed by atoms with van der Waals surface area (Å²) in [4.78, 5) is 0. The Hall–Kier alpha value is -0.900. The van der Waals surface area contributed by atoms with Crippen LogP contribution in [0.1, 0.15) is 12.8 Å². The summed E-state index contributed by atoms with van der Waals surface area (Å²) in [7, 11) is 0. The minimum absolute atomic E-state index is 0.278. The van der Waals surface area contributed by atoms with Crippen molar-refractivity contribution in [3.05, 3.63) is 24.0 Å². The van der Waals surface area contributed by atoms with E-state index in [0.717, 1.165) is 25.1 Å². The maximum atomic E-state index is 13.3. The Morgan fingerprint density at radius 1 is 1.40 bits per heavy atom. The van der Waals surface area contributed by atoms with Gasteiger partial charge < -0.3 is 11.1 Å². The Morgan fingerprint density at radius 3 is 2.87 bits per heavy atom. The lowest BCUT2D eigenvalue weighted by Gasteiger charge is -2.07.